The highest BCUT2D eigenvalue weighted by Crippen LogP contribution is 2.26. The molecule has 4 heteroatoms. The number of hydrogen-bond donors (Lipinski definition) is 2. The van der Waals surface area contributed by atoms with Crippen molar-refractivity contribution in [1.29, 1.82) is 0 Å². The zero-order valence-electron chi connectivity index (χ0n) is 12.1. The van der Waals surface area contributed by atoms with Gasteiger partial charge < -0.3 is 10.6 Å². The number of nitrogens with one attached hydrogen (secondary N) is 2. The maximum atomic E-state index is 12.0. The molecule has 1 amide bonds. The molecule has 2 rings (SSSR count). The van der Waals surface area contributed by atoms with Crippen LogP contribution in [-0.4, -0.2) is 36.0 Å². The van der Waals surface area contributed by atoms with Crippen LogP contribution in [0.25, 0.3) is 0 Å². The predicted molar refractivity (Wildman–Crippen MR) is 82.5 cm³/mol. The smallest absolute Gasteiger partial charge is 0.230 e. The Labute approximate surface area is 121 Å². The van der Waals surface area contributed by atoms with Gasteiger partial charge in [-0.05, 0) is 51.6 Å². The van der Waals surface area contributed by atoms with Crippen molar-refractivity contribution in [2.24, 2.45) is 5.92 Å². The van der Waals surface area contributed by atoms with Crippen molar-refractivity contribution in [1.82, 2.24) is 10.6 Å². The number of thioether (sulfide) groups is 1. The summed E-state index contributed by atoms with van der Waals surface area (Å²) in [5.41, 5.74) is 0. The molecule has 1 saturated carbocycles. The summed E-state index contributed by atoms with van der Waals surface area (Å²) in [4.78, 5) is 12.0. The quantitative estimate of drug-likeness (QED) is 0.815. The van der Waals surface area contributed by atoms with Gasteiger partial charge in [0.2, 0.25) is 5.91 Å². The first-order valence-electron chi connectivity index (χ1n) is 7.87. The minimum Gasteiger partial charge on any atom is -0.353 e. The van der Waals surface area contributed by atoms with Crippen LogP contribution in [0.1, 0.15) is 51.9 Å². The van der Waals surface area contributed by atoms with Crippen molar-refractivity contribution in [2.75, 3.05) is 18.8 Å². The Morgan fingerprint density at radius 2 is 1.89 bits per heavy atom. The van der Waals surface area contributed by atoms with E-state index in [-0.39, 0.29) is 5.91 Å². The van der Waals surface area contributed by atoms with Gasteiger partial charge in [-0.2, -0.15) is 0 Å². The molecule has 3 nitrogen and oxygen atoms in total. The maximum absolute atomic E-state index is 12.0. The highest BCUT2D eigenvalue weighted by Gasteiger charge is 2.22. The Hall–Kier alpha value is -0.220. The third-order valence-corrected chi connectivity index (χ3v) is 5.85. The third-order valence-electron chi connectivity index (χ3n) is 4.48. The summed E-state index contributed by atoms with van der Waals surface area (Å²) >= 11 is 1.84. The average Bonchev–Trinajstić information content (AvgIpc) is 2.47. The van der Waals surface area contributed by atoms with Crippen LogP contribution >= 0.6 is 11.8 Å². The van der Waals surface area contributed by atoms with E-state index in [1.54, 1.807) is 0 Å². The van der Waals surface area contributed by atoms with Crippen LogP contribution in [0.5, 0.6) is 0 Å². The molecule has 1 aliphatic carbocycles. The second-order valence-corrected chi connectivity index (χ2v) is 7.30. The third kappa shape index (κ3) is 5.35. The van der Waals surface area contributed by atoms with Crippen LogP contribution in [0.15, 0.2) is 0 Å². The number of rotatable bonds is 5. The van der Waals surface area contributed by atoms with E-state index in [4.69, 9.17) is 0 Å². The van der Waals surface area contributed by atoms with Crippen molar-refractivity contribution in [3.8, 4) is 0 Å². The van der Waals surface area contributed by atoms with Crippen LogP contribution in [0.2, 0.25) is 0 Å². The molecule has 2 N–H and O–H groups in total. The van der Waals surface area contributed by atoms with Gasteiger partial charge >= 0.3 is 0 Å². The van der Waals surface area contributed by atoms with E-state index >= 15 is 0 Å². The van der Waals surface area contributed by atoms with Gasteiger partial charge in [-0.3, -0.25) is 4.79 Å². The fourth-order valence-electron chi connectivity index (χ4n) is 3.20. The standard InChI is InChI=1S/C15H28N2OS/c1-12(13-5-3-2-4-6-13)17-15(18)11-19-14-7-9-16-10-8-14/h12-14,16H,2-11H2,1H3,(H,17,18)/t12-/m0/s1. The lowest BCUT2D eigenvalue weighted by Crippen LogP contribution is -2.40. The van der Waals surface area contributed by atoms with Crippen LogP contribution in [0, 0.1) is 5.92 Å². The Balaban J connectivity index is 1.62. The Kier molecular flexibility index (Phi) is 6.51. The SMILES string of the molecule is C[C@H](NC(=O)CSC1CCNCC1)C1CCCCC1. The number of carbonyl (C=O) groups is 1. The molecule has 110 valence electrons. The van der Waals surface area contributed by atoms with Crippen LogP contribution in [0.3, 0.4) is 0 Å². The number of piperidine rings is 1. The minimum absolute atomic E-state index is 0.238. The second kappa shape index (κ2) is 8.15. The summed E-state index contributed by atoms with van der Waals surface area (Å²) in [5.74, 6) is 1.59. The monoisotopic (exact) mass is 284 g/mol. The van der Waals surface area contributed by atoms with Gasteiger partial charge in [-0.25, -0.2) is 0 Å². The molecule has 1 atom stereocenters. The highest BCUT2D eigenvalue weighted by molar-refractivity contribution is 8.00. The van der Waals surface area contributed by atoms with Gasteiger partial charge in [-0.1, -0.05) is 19.3 Å². The van der Waals surface area contributed by atoms with E-state index in [0.717, 1.165) is 13.1 Å². The molecule has 0 aromatic carbocycles. The van der Waals surface area contributed by atoms with Crippen molar-refractivity contribution >= 4 is 17.7 Å². The normalized spacial score (nSPS) is 24.1. The summed E-state index contributed by atoms with van der Waals surface area (Å²) in [7, 11) is 0. The van der Waals surface area contributed by atoms with Gasteiger partial charge in [0.05, 0.1) is 5.75 Å². The number of hydrogen-bond acceptors (Lipinski definition) is 3. The molecule has 1 heterocycles. The molecule has 1 saturated heterocycles. The Bertz CT molecular complexity index is 273. The first kappa shape index (κ1) is 15.2. The van der Waals surface area contributed by atoms with Crippen molar-refractivity contribution in [2.45, 2.75) is 63.2 Å². The molecule has 1 aliphatic heterocycles. The molecule has 0 spiro atoms. The minimum atomic E-state index is 0.238. The number of carbonyl (C=O) groups excluding carboxylic acids is 1. The topological polar surface area (TPSA) is 41.1 Å². The predicted octanol–water partition coefficient (Wildman–Crippen LogP) is 2.56. The van der Waals surface area contributed by atoms with Gasteiger partial charge in [0.25, 0.3) is 0 Å². The number of amides is 1. The summed E-state index contributed by atoms with van der Waals surface area (Å²) in [6.07, 6.45) is 9.06. The molecule has 2 fully saturated rings. The first-order valence-corrected chi connectivity index (χ1v) is 8.92. The lowest BCUT2D eigenvalue weighted by atomic mass is 9.84. The van der Waals surface area contributed by atoms with Crippen LogP contribution in [-0.2, 0) is 4.79 Å². The van der Waals surface area contributed by atoms with Gasteiger partial charge in [-0.15, -0.1) is 11.8 Å². The van der Waals surface area contributed by atoms with Crippen LogP contribution in [0.4, 0.5) is 0 Å². The van der Waals surface area contributed by atoms with E-state index in [1.165, 1.54) is 44.9 Å². The lowest BCUT2D eigenvalue weighted by molar-refractivity contribution is -0.119. The van der Waals surface area contributed by atoms with Crippen molar-refractivity contribution in [3.05, 3.63) is 0 Å². The fourth-order valence-corrected chi connectivity index (χ4v) is 4.24. The van der Waals surface area contributed by atoms with E-state index in [2.05, 4.69) is 17.6 Å². The molecule has 0 aromatic heterocycles. The Morgan fingerprint density at radius 3 is 2.58 bits per heavy atom. The average molecular weight is 284 g/mol. The largest absolute Gasteiger partial charge is 0.353 e. The molecule has 0 bridgehead atoms. The van der Waals surface area contributed by atoms with E-state index in [1.807, 2.05) is 11.8 Å². The summed E-state index contributed by atoms with van der Waals surface area (Å²) in [6, 6.07) is 0.362. The molecule has 2 aliphatic rings. The molecule has 0 aromatic rings. The molecule has 19 heavy (non-hydrogen) atoms. The molecule has 0 radical (unpaired) electrons. The zero-order chi connectivity index (χ0) is 13.5. The van der Waals surface area contributed by atoms with E-state index in [9.17, 15) is 4.79 Å². The Morgan fingerprint density at radius 1 is 1.21 bits per heavy atom. The summed E-state index contributed by atoms with van der Waals surface area (Å²) < 4.78 is 0. The van der Waals surface area contributed by atoms with Gasteiger partial charge in [0.1, 0.15) is 0 Å². The maximum Gasteiger partial charge on any atom is 0.230 e. The highest BCUT2D eigenvalue weighted by atomic mass is 32.2. The molecular formula is C15H28N2OS. The van der Waals surface area contributed by atoms with Gasteiger partial charge in [0.15, 0.2) is 0 Å². The van der Waals surface area contributed by atoms with Gasteiger partial charge in [0, 0.05) is 11.3 Å². The summed E-state index contributed by atoms with van der Waals surface area (Å²) in [6.45, 7) is 4.40. The second-order valence-electron chi connectivity index (χ2n) is 6.01. The van der Waals surface area contributed by atoms with E-state index in [0.29, 0.717) is 23.0 Å². The van der Waals surface area contributed by atoms with Crippen LogP contribution < -0.4 is 10.6 Å². The van der Waals surface area contributed by atoms with Crippen molar-refractivity contribution < 1.29 is 4.79 Å². The lowest BCUT2D eigenvalue weighted by Gasteiger charge is -2.28. The molecular weight excluding hydrogens is 256 g/mol. The van der Waals surface area contributed by atoms with E-state index < -0.39 is 0 Å². The molecule has 0 unspecified atom stereocenters. The first-order chi connectivity index (χ1) is 9.25. The zero-order valence-corrected chi connectivity index (χ0v) is 12.9. The fraction of sp³-hybridized carbons (Fsp3) is 0.933. The van der Waals surface area contributed by atoms with Crippen molar-refractivity contribution in [3.63, 3.8) is 0 Å². The summed E-state index contributed by atoms with van der Waals surface area (Å²) in [5, 5.41) is 7.26.